The van der Waals surface area contributed by atoms with Crippen LogP contribution in [0.5, 0.6) is 5.75 Å². The van der Waals surface area contributed by atoms with Crippen molar-refractivity contribution in [2.75, 3.05) is 13.7 Å². The maximum atomic E-state index is 12.0. The van der Waals surface area contributed by atoms with E-state index in [0.29, 0.717) is 17.9 Å². The molecule has 0 atom stereocenters. The Hall–Kier alpha value is -2.30. The van der Waals surface area contributed by atoms with Gasteiger partial charge in [-0.05, 0) is 25.0 Å². The van der Waals surface area contributed by atoms with Gasteiger partial charge in [0.25, 0.3) is 5.91 Å². The summed E-state index contributed by atoms with van der Waals surface area (Å²) in [5.74, 6) is 0.508. The maximum absolute atomic E-state index is 12.0. The van der Waals surface area contributed by atoms with Gasteiger partial charge in [-0.15, -0.1) is 0 Å². The molecule has 20 heavy (non-hydrogen) atoms. The molecule has 0 unspecified atom stereocenters. The first-order chi connectivity index (χ1) is 9.81. The minimum Gasteiger partial charge on any atom is -0.496 e. The third-order valence-electron chi connectivity index (χ3n) is 3.04. The number of rotatable bonds is 7. The Morgan fingerprint density at radius 3 is 2.95 bits per heavy atom. The van der Waals surface area contributed by atoms with Crippen LogP contribution in [0.4, 0.5) is 0 Å². The minimum atomic E-state index is -0.0925. The van der Waals surface area contributed by atoms with Gasteiger partial charge >= 0.3 is 0 Å². The Labute approximate surface area is 118 Å². The minimum absolute atomic E-state index is 0.0925. The normalized spacial score (nSPS) is 10.2. The number of benzene rings is 1. The highest BCUT2D eigenvalue weighted by Crippen LogP contribution is 2.16. The summed E-state index contributed by atoms with van der Waals surface area (Å²) in [5, 5.41) is 2.91. The average molecular weight is 273 g/mol. The van der Waals surface area contributed by atoms with Gasteiger partial charge in [-0.2, -0.15) is 0 Å². The lowest BCUT2D eigenvalue weighted by atomic mass is 10.2. The lowest BCUT2D eigenvalue weighted by Gasteiger charge is -2.09. The summed E-state index contributed by atoms with van der Waals surface area (Å²) in [7, 11) is 1.57. The van der Waals surface area contributed by atoms with Crippen LogP contribution >= 0.6 is 0 Å². The third kappa shape index (κ3) is 3.85. The van der Waals surface area contributed by atoms with Gasteiger partial charge in [0.2, 0.25) is 0 Å². The molecule has 0 saturated carbocycles. The maximum Gasteiger partial charge on any atom is 0.255 e. The number of hydrogen-bond acceptors (Lipinski definition) is 3. The van der Waals surface area contributed by atoms with Crippen LogP contribution < -0.4 is 10.1 Å². The smallest absolute Gasteiger partial charge is 0.255 e. The molecule has 5 heteroatoms. The van der Waals surface area contributed by atoms with Gasteiger partial charge in [-0.25, -0.2) is 4.98 Å². The Morgan fingerprint density at radius 2 is 2.20 bits per heavy atom. The van der Waals surface area contributed by atoms with Crippen LogP contribution in [0, 0.1) is 0 Å². The molecule has 0 aliphatic carbocycles. The number of nitrogens with zero attached hydrogens (tertiary/aromatic N) is 2. The molecule has 0 radical (unpaired) electrons. The highest BCUT2D eigenvalue weighted by atomic mass is 16.5. The van der Waals surface area contributed by atoms with Crippen LogP contribution in [0.25, 0.3) is 0 Å². The highest BCUT2D eigenvalue weighted by Gasteiger charge is 2.10. The standard InChI is InChI=1S/C15H19N3O2/c1-20-14-7-3-2-6-13(14)15(19)17-8-4-5-10-18-11-9-16-12-18/h2-3,6-7,9,11-12H,4-5,8,10H2,1H3,(H,17,19). The van der Waals surface area contributed by atoms with Gasteiger partial charge in [-0.3, -0.25) is 4.79 Å². The number of carbonyl (C=O) groups excluding carboxylic acids is 1. The summed E-state index contributed by atoms with van der Waals surface area (Å²) < 4.78 is 7.20. The zero-order valence-corrected chi connectivity index (χ0v) is 11.6. The molecule has 2 aromatic rings. The second kappa shape index (κ2) is 7.33. The predicted molar refractivity (Wildman–Crippen MR) is 76.8 cm³/mol. The van der Waals surface area contributed by atoms with Gasteiger partial charge in [0.1, 0.15) is 5.75 Å². The van der Waals surface area contributed by atoms with E-state index in [1.165, 1.54) is 0 Å². The fourth-order valence-corrected chi connectivity index (χ4v) is 1.97. The molecule has 1 N–H and O–H groups in total. The lowest BCUT2D eigenvalue weighted by Crippen LogP contribution is -2.25. The zero-order valence-electron chi connectivity index (χ0n) is 11.6. The van der Waals surface area contributed by atoms with Crippen LogP contribution in [-0.2, 0) is 6.54 Å². The summed E-state index contributed by atoms with van der Waals surface area (Å²) in [6.07, 6.45) is 7.44. The molecule has 0 fully saturated rings. The second-order valence-corrected chi connectivity index (χ2v) is 4.46. The molecule has 0 saturated heterocycles. The van der Waals surface area contributed by atoms with Gasteiger partial charge in [0.05, 0.1) is 19.0 Å². The van der Waals surface area contributed by atoms with Crippen molar-refractivity contribution in [3.63, 3.8) is 0 Å². The summed E-state index contributed by atoms with van der Waals surface area (Å²) in [5.41, 5.74) is 0.574. The Balaban J connectivity index is 1.72. The summed E-state index contributed by atoms with van der Waals surface area (Å²) >= 11 is 0. The van der Waals surface area contributed by atoms with Gasteiger partial charge < -0.3 is 14.6 Å². The molecule has 106 valence electrons. The summed E-state index contributed by atoms with van der Waals surface area (Å²) in [4.78, 5) is 16.0. The van der Waals surface area contributed by atoms with Crippen LogP contribution in [0.15, 0.2) is 43.0 Å². The van der Waals surface area contributed by atoms with E-state index < -0.39 is 0 Å². The molecule has 0 bridgehead atoms. The number of unbranched alkanes of at least 4 members (excludes halogenated alkanes) is 1. The molecule has 1 aromatic heterocycles. The van der Waals surface area contributed by atoms with Crippen LogP contribution in [0.1, 0.15) is 23.2 Å². The first kappa shape index (κ1) is 14.1. The molecule has 5 nitrogen and oxygen atoms in total. The van der Waals surface area contributed by atoms with Crippen molar-refractivity contribution < 1.29 is 9.53 Å². The van der Waals surface area contributed by atoms with Gasteiger partial charge in [0.15, 0.2) is 0 Å². The van der Waals surface area contributed by atoms with Crippen LogP contribution in [0.2, 0.25) is 0 Å². The summed E-state index contributed by atoms with van der Waals surface area (Å²) in [6, 6.07) is 7.23. The Morgan fingerprint density at radius 1 is 1.35 bits per heavy atom. The molecular formula is C15H19N3O2. The van der Waals surface area contributed by atoms with E-state index >= 15 is 0 Å². The van der Waals surface area contributed by atoms with Crippen molar-refractivity contribution in [2.45, 2.75) is 19.4 Å². The van der Waals surface area contributed by atoms with Crippen molar-refractivity contribution in [2.24, 2.45) is 0 Å². The van der Waals surface area contributed by atoms with E-state index in [2.05, 4.69) is 10.3 Å². The number of methoxy groups -OCH3 is 1. The summed E-state index contributed by atoms with van der Waals surface area (Å²) in [6.45, 7) is 1.58. The fraction of sp³-hybridized carbons (Fsp3) is 0.333. The molecular weight excluding hydrogens is 254 g/mol. The van der Waals surface area contributed by atoms with E-state index in [4.69, 9.17) is 4.74 Å². The first-order valence-corrected chi connectivity index (χ1v) is 6.68. The van der Waals surface area contributed by atoms with Crippen LogP contribution in [0.3, 0.4) is 0 Å². The number of carbonyl (C=O) groups is 1. The number of hydrogen-bond donors (Lipinski definition) is 1. The van der Waals surface area contributed by atoms with E-state index in [9.17, 15) is 4.79 Å². The monoisotopic (exact) mass is 273 g/mol. The zero-order chi connectivity index (χ0) is 14.2. The number of ether oxygens (including phenoxy) is 1. The number of imidazole rings is 1. The van der Waals surface area contributed by atoms with E-state index in [0.717, 1.165) is 19.4 Å². The van der Waals surface area contributed by atoms with E-state index in [-0.39, 0.29) is 5.91 Å². The number of nitrogens with one attached hydrogen (secondary N) is 1. The molecule has 1 aromatic carbocycles. The molecule has 0 aliphatic heterocycles. The Bertz CT molecular complexity index is 538. The van der Waals surface area contributed by atoms with Crippen LogP contribution in [-0.4, -0.2) is 29.1 Å². The Kier molecular flexibility index (Phi) is 5.17. The predicted octanol–water partition coefficient (Wildman–Crippen LogP) is 2.10. The fourth-order valence-electron chi connectivity index (χ4n) is 1.97. The quantitative estimate of drug-likeness (QED) is 0.786. The van der Waals surface area contributed by atoms with Crippen molar-refractivity contribution in [3.05, 3.63) is 48.5 Å². The third-order valence-corrected chi connectivity index (χ3v) is 3.04. The number of para-hydroxylation sites is 1. The first-order valence-electron chi connectivity index (χ1n) is 6.68. The number of amides is 1. The largest absolute Gasteiger partial charge is 0.496 e. The molecule has 1 amide bonds. The molecule has 2 rings (SSSR count). The second-order valence-electron chi connectivity index (χ2n) is 4.46. The van der Waals surface area contributed by atoms with Gasteiger partial charge in [-0.1, -0.05) is 12.1 Å². The van der Waals surface area contributed by atoms with Crippen molar-refractivity contribution in [1.29, 1.82) is 0 Å². The topological polar surface area (TPSA) is 56.1 Å². The van der Waals surface area contributed by atoms with Crippen molar-refractivity contribution in [1.82, 2.24) is 14.9 Å². The van der Waals surface area contributed by atoms with Gasteiger partial charge in [0, 0.05) is 25.5 Å². The highest BCUT2D eigenvalue weighted by molar-refractivity contribution is 5.96. The van der Waals surface area contributed by atoms with Crippen molar-refractivity contribution >= 4 is 5.91 Å². The molecule has 0 spiro atoms. The molecule has 0 aliphatic rings. The lowest BCUT2D eigenvalue weighted by molar-refractivity contribution is 0.0950. The average Bonchev–Trinajstić information content (AvgIpc) is 3.00. The molecule has 1 heterocycles. The number of aromatic nitrogens is 2. The SMILES string of the molecule is COc1ccccc1C(=O)NCCCCn1ccnc1. The van der Waals surface area contributed by atoms with E-state index in [1.54, 1.807) is 31.8 Å². The van der Waals surface area contributed by atoms with E-state index in [1.807, 2.05) is 22.9 Å². The van der Waals surface area contributed by atoms with Crippen molar-refractivity contribution in [3.8, 4) is 5.75 Å². The number of aryl methyl sites for hydroxylation is 1.